The fourth-order valence-corrected chi connectivity index (χ4v) is 3.86. The second kappa shape index (κ2) is 5.63. The van der Waals surface area contributed by atoms with E-state index in [0.717, 1.165) is 12.8 Å². The van der Waals surface area contributed by atoms with Gasteiger partial charge in [0, 0.05) is 11.6 Å². The first kappa shape index (κ1) is 15.8. The maximum atomic E-state index is 12.1. The minimum Gasteiger partial charge on any atom is -0.349 e. The van der Waals surface area contributed by atoms with Gasteiger partial charge in [0.15, 0.2) is 0 Å². The lowest BCUT2D eigenvalue weighted by Gasteiger charge is -2.09. The number of rotatable bonds is 4. The summed E-state index contributed by atoms with van der Waals surface area (Å²) in [5.74, 6) is 0.160. The van der Waals surface area contributed by atoms with E-state index in [-0.39, 0.29) is 31.9 Å². The van der Waals surface area contributed by atoms with Crippen LogP contribution < -0.4 is 10.5 Å². The Morgan fingerprint density at radius 3 is 2.70 bits per heavy atom. The van der Waals surface area contributed by atoms with Gasteiger partial charge in [0.2, 0.25) is 10.0 Å². The number of benzene rings is 1. The number of primary sulfonamides is 1. The first-order valence-corrected chi connectivity index (χ1v) is 8.78. The Morgan fingerprint density at radius 2 is 2.20 bits per heavy atom. The van der Waals surface area contributed by atoms with Crippen molar-refractivity contribution in [3.63, 3.8) is 0 Å². The number of nitrogens with two attached hydrogens (primary N) is 1. The minimum absolute atomic E-state index is 0.129. The Bertz CT molecular complexity index is 663. The summed E-state index contributed by atoms with van der Waals surface area (Å²) in [6.45, 7) is 2.06. The van der Waals surface area contributed by atoms with Crippen molar-refractivity contribution in [2.75, 3.05) is 0 Å². The molecule has 110 valence electrons. The van der Waals surface area contributed by atoms with Crippen LogP contribution >= 0.6 is 27.5 Å². The number of sulfonamides is 1. The van der Waals surface area contributed by atoms with Gasteiger partial charge in [-0.15, -0.1) is 0 Å². The Hall–Kier alpha value is -0.630. The Balaban J connectivity index is 2.29. The normalized spacial score (nSPS) is 21.6. The van der Waals surface area contributed by atoms with Gasteiger partial charge in [-0.3, -0.25) is 4.79 Å². The zero-order valence-electron chi connectivity index (χ0n) is 10.7. The Kier molecular flexibility index (Phi) is 4.44. The summed E-state index contributed by atoms with van der Waals surface area (Å²) in [5, 5.41) is 8.08. The lowest BCUT2D eigenvalue weighted by Crippen LogP contribution is -2.27. The van der Waals surface area contributed by atoms with E-state index in [1.54, 1.807) is 0 Å². The number of amides is 1. The molecule has 0 aliphatic heterocycles. The number of hydrogen-bond acceptors (Lipinski definition) is 3. The van der Waals surface area contributed by atoms with Crippen LogP contribution in [0, 0.1) is 5.92 Å². The number of halogens is 2. The molecule has 0 spiro atoms. The average molecular weight is 382 g/mol. The first-order valence-electron chi connectivity index (χ1n) is 6.06. The van der Waals surface area contributed by atoms with Crippen LogP contribution in [0.5, 0.6) is 0 Å². The van der Waals surface area contributed by atoms with E-state index in [9.17, 15) is 13.2 Å². The molecule has 0 radical (unpaired) electrons. The highest BCUT2D eigenvalue weighted by atomic mass is 79.9. The number of carbonyl (C=O) groups is 1. The Labute approximate surface area is 131 Å². The third-order valence-electron chi connectivity index (χ3n) is 3.33. The van der Waals surface area contributed by atoms with Crippen molar-refractivity contribution in [2.45, 2.75) is 30.7 Å². The van der Waals surface area contributed by atoms with Gasteiger partial charge in [0.05, 0.1) is 14.4 Å². The van der Waals surface area contributed by atoms with Gasteiger partial charge >= 0.3 is 0 Å². The minimum atomic E-state index is -3.95. The monoisotopic (exact) mass is 380 g/mol. The van der Waals surface area contributed by atoms with Crippen LogP contribution in [0.15, 0.2) is 21.5 Å². The first-order chi connectivity index (χ1) is 9.24. The predicted molar refractivity (Wildman–Crippen MR) is 80.2 cm³/mol. The molecular weight excluding hydrogens is 368 g/mol. The fraction of sp³-hybridized carbons (Fsp3) is 0.417. The molecule has 1 aromatic rings. The van der Waals surface area contributed by atoms with E-state index in [0.29, 0.717) is 5.92 Å². The molecule has 1 fully saturated rings. The highest BCUT2D eigenvalue weighted by Crippen LogP contribution is 2.34. The smallest absolute Gasteiger partial charge is 0.251 e. The molecule has 1 amide bonds. The van der Waals surface area contributed by atoms with Crippen molar-refractivity contribution in [1.29, 1.82) is 0 Å². The molecule has 1 saturated carbocycles. The SMILES string of the molecule is CCC1CC1NC(=O)c1cc(Cl)c(Br)c(S(N)(=O)=O)c1. The molecule has 8 heteroatoms. The molecule has 2 atom stereocenters. The van der Waals surface area contributed by atoms with E-state index in [1.807, 2.05) is 0 Å². The fourth-order valence-electron chi connectivity index (χ4n) is 2.03. The van der Waals surface area contributed by atoms with Crippen LogP contribution in [-0.2, 0) is 10.0 Å². The van der Waals surface area contributed by atoms with E-state index in [1.165, 1.54) is 12.1 Å². The van der Waals surface area contributed by atoms with Gasteiger partial charge in [-0.1, -0.05) is 24.9 Å². The van der Waals surface area contributed by atoms with E-state index < -0.39 is 10.0 Å². The maximum Gasteiger partial charge on any atom is 0.251 e. The number of carbonyl (C=O) groups excluding carboxylic acids is 1. The lowest BCUT2D eigenvalue weighted by atomic mass is 10.2. The van der Waals surface area contributed by atoms with Crippen LogP contribution in [0.4, 0.5) is 0 Å². The second-order valence-electron chi connectivity index (χ2n) is 4.80. The van der Waals surface area contributed by atoms with Crippen LogP contribution in [0.1, 0.15) is 30.1 Å². The van der Waals surface area contributed by atoms with Crippen molar-refractivity contribution in [2.24, 2.45) is 11.1 Å². The third kappa shape index (κ3) is 3.33. The van der Waals surface area contributed by atoms with Gasteiger partial charge in [0.25, 0.3) is 5.91 Å². The number of hydrogen-bond donors (Lipinski definition) is 2. The zero-order chi connectivity index (χ0) is 15.1. The van der Waals surface area contributed by atoms with Crippen molar-refractivity contribution < 1.29 is 13.2 Å². The second-order valence-corrected chi connectivity index (χ2v) is 7.53. The summed E-state index contributed by atoms with van der Waals surface area (Å²) in [4.78, 5) is 11.9. The molecule has 0 aromatic heterocycles. The topological polar surface area (TPSA) is 89.3 Å². The summed E-state index contributed by atoms with van der Waals surface area (Å²) < 4.78 is 23.1. The summed E-state index contributed by atoms with van der Waals surface area (Å²) in [6.07, 6.45) is 1.96. The van der Waals surface area contributed by atoms with Gasteiger partial charge < -0.3 is 5.32 Å². The van der Waals surface area contributed by atoms with E-state index in [4.69, 9.17) is 16.7 Å². The quantitative estimate of drug-likeness (QED) is 0.838. The van der Waals surface area contributed by atoms with Crippen LogP contribution in [0.25, 0.3) is 0 Å². The molecule has 0 bridgehead atoms. The van der Waals surface area contributed by atoms with Crippen LogP contribution in [-0.4, -0.2) is 20.4 Å². The summed E-state index contributed by atoms with van der Waals surface area (Å²) in [5.41, 5.74) is 0.184. The van der Waals surface area contributed by atoms with Gasteiger partial charge in [0.1, 0.15) is 0 Å². The van der Waals surface area contributed by atoms with Crippen molar-refractivity contribution >= 4 is 43.5 Å². The molecule has 1 aliphatic carbocycles. The van der Waals surface area contributed by atoms with Crippen molar-refractivity contribution in [3.05, 3.63) is 27.2 Å². The molecule has 0 heterocycles. The molecule has 5 nitrogen and oxygen atoms in total. The molecule has 1 aliphatic rings. The lowest BCUT2D eigenvalue weighted by molar-refractivity contribution is 0.0948. The van der Waals surface area contributed by atoms with Crippen LogP contribution in [0.3, 0.4) is 0 Å². The zero-order valence-corrected chi connectivity index (χ0v) is 13.8. The van der Waals surface area contributed by atoms with Crippen LogP contribution in [0.2, 0.25) is 5.02 Å². The molecular formula is C12H14BrClN2O3S. The third-order valence-corrected chi connectivity index (χ3v) is 5.91. The van der Waals surface area contributed by atoms with Crippen molar-refractivity contribution in [3.8, 4) is 0 Å². The molecule has 2 unspecified atom stereocenters. The predicted octanol–water partition coefficient (Wildman–Crippen LogP) is 2.28. The van der Waals surface area contributed by atoms with Crippen molar-refractivity contribution in [1.82, 2.24) is 5.32 Å². The largest absolute Gasteiger partial charge is 0.349 e. The van der Waals surface area contributed by atoms with Gasteiger partial charge in [-0.05, 0) is 40.4 Å². The van der Waals surface area contributed by atoms with Gasteiger partial charge in [-0.25, -0.2) is 13.6 Å². The molecule has 0 saturated heterocycles. The molecule has 20 heavy (non-hydrogen) atoms. The average Bonchev–Trinajstić information content (AvgIpc) is 3.09. The maximum absolute atomic E-state index is 12.1. The molecule has 2 rings (SSSR count). The highest BCUT2D eigenvalue weighted by Gasteiger charge is 2.36. The number of nitrogens with one attached hydrogen (secondary N) is 1. The Morgan fingerprint density at radius 1 is 1.55 bits per heavy atom. The van der Waals surface area contributed by atoms with Gasteiger partial charge in [-0.2, -0.15) is 0 Å². The standard InChI is InChI=1S/C12H14BrClN2O3S/c1-2-6-4-9(6)16-12(17)7-3-8(14)11(13)10(5-7)20(15,18)19/h3,5-6,9H,2,4H2,1H3,(H,16,17)(H2,15,18,19). The highest BCUT2D eigenvalue weighted by molar-refractivity contribution is 9.10. The summed E-state index contributed by atoms with van der Waals surface area (Å²) in [6, 6.07) is 2.80. The van der Waals surface area contributed by atoms with E-state index in [2.05, 4.69) is 28.2 Å². The van der Waals surface area contributed by atoms with E-state index >= 15 is 0 Å². The molecule has 1 aromatic carbocycles. The summed E-state index contributed by atoms with van der Waals surface area (Å²) in [7, 11) is -3.95. The summed E-state index contributed by atoms with van der Waals surface area (Å²) >= 11 is 8.99. The molecule has 3 N–H and O–H groups in total.